The summed E-state index contributed by atoms with van der Waals surface area (Å²) in [5.41, 5.74) is 0.892. The average Bonchev–Trinajstić information content (AvgIpc) is 2.06. The van der Waals surface area contributed by atoms with Gasteiger partial charge in [0, 0.05) is 0 Å². The summed E-state index contributed by atoms with van der Waals surface area (Å²) in [6.45, 7) is 0. The number of nitrogens with zero attached hydrogens (tertiary/aromatic N) is 1. The summed E-state index contributed by atoms with van der Waals surface area (Å²) in [4.78, 5) is 4.67. The molecule has 0 saturated carbocycles. The van der Waals surface area contributed by atoms with E-state index in [9.17, 15) is 0 Å². The van der Waals surface area contributed by atoms with Crippen LogP contribution in [0, 0.1) is 0 Å². The van der Waals surface area contributed by atoms with E-state index < -0.39 is 0 Å². The van der Waals surface area contributed by atoms with Crippen molar-refractivity contribution in [2.75, 3.05) is 7.11 Å². The second-order valence-corrected chi connectivity index (χ2v) is 2.65. The molecular weight excluding hydrogens is 205 g/mol. The predicted molar refractivity (Wildman–Crippen MR) is 46.3 cm³/mol. The summed E-state index contributed by atoms with van der Waals surface area (Å²) in [7, 11) is 1.58. The van der Waals surface area contributed by atoms with Crippen molar-refractivity contribution in [3.05, 3.63) is 30.3 Å². The van der Waals surface area contributed by atoms with Gasteiger partial charge in [-0.2, -0.15) is 0 Å². The molecule has 1 aromatic rings. The van der Waals surface area contributed by atoms with Crippen LogP contribution in [0.15, 0.2) is 35.3 Å². The molecular formula is C8H8NOSe. The summed E-state index contributed by atoms with van der Waals surface area (Å²) in [6, 6.07) is 9.64. The summed E-state index contributed by atoms with van der Waals surface area (Å²) in [5, 5.41) is 0. The number of hydrogen-bond acceptors (Lipinski definition) is 2. The van der Waals surface area contributed by atoms with Crippen molar-refractivity contribution in [1.29, 1.82) is 0 Å². The van der Waals surface area contributed by atoms with E-state index in [-0.39, 0.29) is 0 Å². The number of benzene rings is 1. The van der Waals surface area contributed by atoms with Crippen molar-refractivity contribution >= 4 is 26.5 Å². The van der Waals surface area contributed by atoms with Crippen molar-refractivity contribution in [1.82, 2.24) is 0 Å². The predicted octanol–water partition coefficient (Wildman–Crippen LogP) is 1.49. The molecule has 1 rings (SSSR count). The van der Waals surface area contributed by atoms with E-state index in [1.165, 1.54) is 0 Å². The molecule has 0 atom stereocenters. The first-order valence-electron chi connectivity index (χ1n) is 3.17. The molecule has 3 heteroatoms. The van der Waals surface area contributed by atoms with Crippen LogP contribution in [0.25, 0.3) is 0 Å². The Hall–Kier alpha value is -0.791. The van der Waals surface area contributed by atoms with Gasteiger partial charge in [0.15, 0.2) is 0 Å². The van der Waals surface area contributed by atoms with Crippen LogP contribution in [-0.2, 0) is 4.74 Å². The second-order valence-electron chi connectivity index (χ2n) is 1.92. The van der Waals surface area contributed by atoms with Gasteiger partial charge < -0.3 is 0 Å². The van der Waals surface area contributed by atoms with E-state index in [1.807, 2.05) is 30.3 Å². The third-order valence-electron chi connectivity index (χ3n) is 1.15. The van der Waals surface area contributed by atoms with Gasteiger partial charge in [0.1, 0.15) is 0 Å². The third kappa shape index (κ3) is 2.74. The molecule has 0 bridgehead atoms. The molecule has 0 spiro atoms. The van der Waals surface area contributed by atoms with Gasteiger partial charge in [-0.15, -0.1) is 0 Å². The normalized spacial score (nSPS) is 11.2. The summed E-state index contributed by atoms with van der Waals surface area (Å²) >= 11 is 2.70. The molecule has 2 nitrogen and oxygen atoms in total. The van der Waals surface area contributed by atoms with Crippen LogP contribution in [0.5, 0.6) is 0 Å². The van der Waals surface area contributed by atoms with Crippen LogP contribution in [0.3, 0.4) is 0 Å². The van der Waals surface area contributed by atoms with Gasteiger partial charge in [0.25, 0.3) is 0 Å². The van der Waals surface area contributed by atoms with Crippen LogP contribution in [0.1, 0.15) is 0 Å². The first kappa shape index (κ1) is 8.31. The minimum atomic E-state index is 0.552. The third-order valence-corrected chi connectivity index (χ3v) is 1.69. The molecule has 0 unspecified atom stereocenters. The Bertz CT molecular complexity index is 246. The number of methoxy groups -OCH3 is 1. The quantitative estimate of drug-likeness (QED) is 0.393. The number of hydrogen-bond donors (Lipinski definition) is 0. The molecule has 0 fully saturated rings. The molecule has 11 heavy (non-hydrogen) atoms. The Labute approximate surface area is 74.1 Å². The van der Waals surface area contributed by atoms with E-state index in [0.717, 1.165) is 5.69 Å². The molecule has 57 valence electrons. The van der Waals surface area contributed by atoms with Crippen molar-refractivity contribution in [3.8, 4) is 0 Å². The maximum atomic E-state index is 4.85. The van der Waals surface area contributed by atoms with Crippen LogP contribution < -0.4 is 0 Å². The van der Waals surface area contributed by atoms with Crippen molar-refractivity contribution in [2.45, 2.75) is 0 Å². The average molecular weight is 213 g/mol. The fourth-order valence-electron chi connectivity index (χ4n) is 0.654. The number of para-hydroxylation sites is 1. The van der Waals surface area contributed by atoms with Gasteiger partial charge in [-0.3, -0.25) is 0 Å². The summed E-state index contributed by atoms with van der Waals surface area (Å²) in [6.07, 6.45) is 0. The van der Waals surface area contributed by atoms with Gasteiger partial charge in [-0.1, -0.05) is 0 Å². The van der Waals surface area contributed by atoms with Crippen LogP contribution in [0.4, 0.5) is 5.69 Å². The number of rotatable bonds is 1. The van der Waals surface area contributed by atoms with Crippen molar-refractivity contribution < 1.29 is 4.74 Å². The van der Waals surface area contributed by atoms with E-state index in [4.69, 9.17) is 4.74 Å². The topological polar surface area (TPSA) is 21.6 Å². The van der Waals surface area contributed by atoms with Gasteiger partial charge in [0.2, 0.25) is 0 Å². The Kier molecular flexibility index (Phi) is 3.14. The van der Waals surface area contributed by atoms with Gasteiger partial charge in [-0.05, 0) is 0 Å². The van der Waals surface area contributed by atoms with Crippen molar-refractivity contribution in [2.24, 2.45) is 4.99 Å². The zero-order chi connectivity index (χ0) is 8.10. The fourth-order valence-corrected chi connectivity index (χ4v) is 0.875. The Morgan fingerprint density at radius 2 is 2.00 bits per heavy atom. The van der Waals surface area contributed by atoms with E-state index >= 15 is 0 Å². The van der Waals surface area contributed by atoms with Gasteiger partial charge in [-0.25, -0.2) is 0 Å². The molecule has 0 heterocycles. The molecule has 0 aliphatic carbocycles. The van der Waals surface area contributed by atoms with Gasteiger partial charge in [0.05, 0.1) is 0 Å². The summed E-state index contributed by atoms with van der Waals surface area (Å²) in [5.74, 6) is 0. The number of aliphatic imine (C=N–C) groups is 1. The zero-order valence-corrected chi connectivity index (χ0v) is 7.86. The Balaban J connectivity index is 2.79. The molecule has 0 N–H and O–H groups in total. The Morgan fingerprint density at radius 1 is 1.36 bits per heavy atom. The fraction of sp³-hybridized carbons (Fsp3) is 0.125. The van der Waals surface area contributed by atoms with E-state index in [0.29, 0.717) is 4.80 Å². The molecule has 0 aromatic heterocycles. The SMILES string of the molecule is COC([Se])=Nc1ccccc1. The number of ether oxygens (including phenoxy) is 1. The molecule has 1 aromatic carbocycles. The standard InChI is InChI=1S/C8H8NOSe/c1-10-8(11)9-7-5-3-2-4-6-7/h2-6H,1H3. The minimum absolute atomic E-state index is 0.552. The first-order valence-corrected chi connectivity index (χ1v) is 4.03. The monoisotopic (exact) mass is 214 g/mol. The van der Waals surface area contributed by atoms with Crippen LogP contribution in [0.2, 0.25) is 0 Å². The van der Waals surface area contributed by atoms with E-state index in [1.54, 1.807) is 7.11 Å². The zero-order valence-electron chi connectivity index (χ0n) is 6.15. The van der Waals surface area contributed by atoms with Crippen LogP contribution >= 0.6 is 0 Å². The molecule has 0 aliphatic rings. The van der Waals surface area contributed by atoms with Crippen molar-refractivity contribution in [3.63, 3.8) is 0 Å². The van der Waals surface area contributed by atoms with Crippen LogP contribution in [-0.4, -0.2) is 27.9 Å². The summed E-state index contributed by atoms with van der Waals surface area (Å²) < 4.78 is 4.85. The van der Waals surface area contributed by atoms with E-state index in [2.05, 4.69) is 21.0 Å². The first-order chi connectivity index (χ1) is 5.33. The Morgan fingerprint density at radius 3 is 2.55 bits per heavy atom. The van der Waals surface area contributed by atoms with Gasteiger partial charge >= 0.3 is 73.7 Å². The molecule has 0 saturated heterocycles. The molecule has 1 radical (unpaired) electrons. The molecule has 0 aliphatic heterocycles. The maximum absolute atomic E-state index is 4.85. The second kappa shape index (κ2) is 4.16. The molecule has 0 amide bonds.